The van der Waals surface area contributed by atoms with Crippen molar-refractivity contribution in [3.05, 3.63) is 57.5 Å². The summed E-state index contributed by atoms with van der Waals surface area (Å²) >= 11 is 1.23. The van der Waals surface area contributed by atoms with Gasteiger partial charge in [-0.25, -0.2) is 9.97 Å². The molecule has 0 atom stereocenters. The van der Waals surface area contributed by atoms with Gasteiger partial charge in [-0.2, -0.15) is 0 Å². The highest BCUT2D eigenvalue weighted by molar-refractivity contribution is 7.99. The average Bonchev–Trinajstić information content (AvgIpc) is 2.80. The van der Waals surface area contributed by atoms with Gasteiger partial charge in [0.15, 0.2) is 10.8 Å². The van der Waals surface area contributed by atoms with E-state index in [1.807, 2.05) is 37.3 Å². The number of fused-ring (bicyclic) bond motifs is 2. The van der Waals surface area contributed by atoms with Crippen LogP contribution in [0.1, 0.15) is 55.8 Å². The van der Waals surface area contributed by atoms with Crippen LogP contribution in [0.15, 0.2) is 40.3 Å². The summed E-state index contributed by atoms with van der Waals surface area (Å²) in [5.74, 6) is -0.198. The first-order valence-electron chi connectivity index (χ1n) is 11.4. The van der Waals surface area contributed by atoms with Crippen LogP contribution in [0.3, 0.4) is 0 Å². The molecule has 0 saturated carbocycles. The molecular weight excluding hydrogens is 422 g/mol. The van der Waals surface area contributed by atoms with Gasteiger partial charge in [-0.1, -0.05) is 49.7 Å². The highest BCUT2D eigenvalue weighted by Gasteiger charge is 2.20. The van der Waals surface area contributed by atoms with Gasteiger partial charge in [-0.3, -0.25) is 14.2 Å². The van der Waals surface area contributed by atoms with Gasteiger partial charge in [0.25, 0.3) is 5.56 Å². The van der Waals surface area contributed by atoms with Crippen LogP contribution in [-0.4, -0.2) is 32.9 Å². The molecule has 0 fully saturated rings. The molecule has 0 radical (unpaired) electrons. The van der Waals surface area contributed by atoms with E-state index in [-0.39, 0.29) is 17.3 Å². The first-order chi connectivity index (χ1) is 15.6. The van der Waals surface area contributed by atoms with Crippen LogP contribution in [-0.2, 0) is 22.4 Å². The van der Waals surface area contributed by atoms with Crippen LogP contribution >= 0.6 is 11.8 Å². The van der Waals surface area contributed by atoms with Gasteiger partial charge in [0.1, 0.15) is 0 Å². The van der Waals surface area contributed by atoms with Gasteiger partial charge in [0.05, 0.1) is 23.4 Å². The molecule has 2 aromatic heterocycles. The Labute approximate surface area is 192 Å². The molecule has 0 N–H and O–H groups in total. The van der Waals surface area contributed by atoms with E-state index in [1.165, 1.54) is 11.8 Å². The summed E-state index contributed by atoms with van der Waals surface area (Å²) in [5, 5.41) is 0.992. The molecule has 7 heteroatoms. The van der Waals surface area contributed by atoms with Crippen molar-refractivity contribution in [2.45, 2.75) is 63.9 Å². The average molecular weight is 452 g/mol. The number of ether oxygens (including phenoxy) is 1. The molecule has 1 aliphatic carbocycles. The summed E-state index contributed by atoms with van der Waals surface area (Å²) in [7, 11) is 0. The zero-order valence-corrected chi connectivity index (χ0v) is 19.5. The largest absolute Gasteiger partial charge is 0.465 e. The van der Waals surface area contributed by atoms with Crippen LogP contribution in [0.25, 0.3) is 16.7 Å². The van der Waals surface area contributed by atoms with Crippen LogP contribution < -0.4 is 5.56 Å². The maximum absolute atomic E-state index is 13.6. The predicted octanol–water partition coefficient (Wildman–Crippen LogP) is 4.79. The molecule has 3 aromatic rings. The number of carbonyl (C=O) groups excluding carboxylic acids is 1. The molecule has 4 rings (SSSR count). The smallest absolute Gasteiger partial charge is 0.316 e. The number of aryl methyl sites for hydroxylation is 3. The SMILES string of the molecule is CCCCCOC(=O)CSc1nc2nc3c(cc2c(=O)n1-c1ccccc1C)CCCC3. The molecule has 0 unspecified atom stereocenters. The summed E-state index contributed by atoms with van der Waals surface area (Å²) in [4.78, 5) is 35.4. The lowest BCUT2D eigenvalue weighted by Gasteiger charge is -2.18. The number of esters is 1. The lowest BCUT2D eigenvalue weighted by molar-refractivity contribution is -0.140. The Balaban J connectivity index is 1.72. The minimum Gasteiger partial charge on any atom is -0.465 e. The number of hydrogen-bond acceptors (Lipinski definition) is 6. The Morgan fingerprint density at radius 1 is 1.16 bits per heavy atom. The zero-order chi connectivity index (χ0) is 22.5. The third kappa shape index (κ3) is 4.88. The van der Waals surface area contributed by atoms with Crippen molar-refractivity contribution in [3.63, 3.8) is 0 Å². The van der Waals surface area contributed by atoms with Crippen molar-refractivity contribution in [2.75, 3.05) is 12.4 Å². The topological polar surface area (TPSA) is 74.1 Å². The molecule has 1 aliphatic rings. The fraction of sp³-hybridized carbons (Fsp3) is 0.440. The lowest BCUT2D eigenvalue weighted by Crippen LogP contribution is -2.24. The van der Waals surface area contributed by atoms with E-state index in [2.05, 4.69) is 6.92 Å². The summed E-state index contributed by atoms with van der Waals surface area (Å²) in [6.45, 7) is 4.50. The lowest BCUT2D eigenvalue weighted by atomic mass is 9.95. The van der Waals surface area contributed by atoms with E-state index in [0.29, 0.717) is 22.8 Å². The minimum absolute atomic E-state index is 0.0981. The summed E-state index contributed by atoms with van der Waals surface area (Å²) in [6, 6.07) is 9.69. The van der Waals surface area contributed by atoms with Crippen molar-refractivity contribution >= 4 is 28.8 Å². The van der Waals surface area contributed by atoms with Crippen LogP contribution in [0.4, 0.5) is 0 Å². The Hall–Kier alpha value is -2.67. The number of pyridine rings is 1. The molecule has 2 heterocycles. The third-order valence-electron chi connectivity index (χ3n) is 5.79. The second-order valence-corrected chi connectivity index (χ2v) is 9.15. The number of aromatic nitrogens is 3. The van der Waals surface area contributed by atoms with E-state index < -0.39 is 0 Å². The van der Waals surface area contributed by atoms with E-state index >= 15 is 0 Å². The first-order valence-corrected chi connectivity index (χ1v) is 12.4. The molecule has 6 nitrogen and oxygen atoms in total. The van der Waals surface area contributed by atoms with E-state index in [1.54, 1.807) is 4.57 Å². The van der Waals surface area contributed by atoms with Gasteiger partial charge >= 0.3 is 5.97 Å². The van der Waals surface area contributed by atoms with Crippen molar-refractivity contribution < 1.29 is 9.53 Å². The molecule has 0 amide bonds. The van der Waals surface area contributed by atoms with Crippen molar-refractivity contribution in [3.8, 4) is 5.69 Å². The standard InChI is InChI=1S/C25H29N3O3S/c1-3-4-9-14-31-22(29)16-32-25-27-23-19(15-18-11-6-7-12-20(18)26-23)24(30)28(25)21-13-8-5-10-17(21)2/h5,8,10,13,15H,3-4,6-7,9,11-12,14,16H2,1-2H3. The number of rotatable bonds is 8. The first kappa shape index (κ1) is 22.5. The molecule has 1 aromatic carbocycles. The number of hydrogen-bond donors (Lipinski definition) is 0. The van der Waals surface area contributed by atoms with Gasteiger partial charge < -0.3 is 4.74 Å². The zero-order valence-electron chi connectivity index (χ0n) is 18.7. The third-order valence-corrected chi connectivity index (χ3v) is 6.71. The molecule has 32 heavy (non-hydrogen) atoms. The molecule has 0 spiro atoms. The number of nitrogens with zero attached hydrogens (tertiary/aromatic N) is 3. The molecule has 0 bridgehead atoms. The highest BCUT2D eigenvalue weighted by Crippen LogP contribution is 2.26. The van der Waals surface area contributed by atoms with Gasteiger partial charge in [-0.15, -0.1) is 0 Å². The van der Waals surface area contributed by atoms with E-state index in [4.69, 9.17) is 14.7 Å². The fourth-order valence-electron chi connectivity index (χ4n) is 4.04. The summed E-state index contributed by atoms with van der Waals surface area (Å²) in [5.41, 5.74) is 4.22. The number of thioether (sulfide) groups is 1. The molecule has 0 saturated heterocycles. The summed E-state index contributed by atoms with van der Waals surface area (Å²) < 4.78 is 6.95. The number of benzene rings is 1. The van der Waals surface area contributed by atoms with Gasteiger partial charge in [0, 0.05) is 5.69 Å². The predicted molar refractivity (Wildman–Crippen MR) is 128 cm³/mol. The quantitative estimate of drug-likeness (QED) is 0.212. The number of para-hydroxylation sites is 1. The van der Waals surface area contributed by atoms with Gasteiger partial charge in [-0.05, 0) is 62.3 Å². The summed E-state index contributed by atoms with van der Waals surface area (Å²) in [6.07, 6.45) is 7.07. The van der Waals surface area contributed by atoms with E-state index in [9.17, 15) is 9.59 Å². The van der Waals surface area contributed by atoms with Crippen LogP contribution in [0, 0.1) is 6.92 Å². The Morgan fingerprint density at radius 2 is 1.97 bits per heavy atom. The molecule has 168 valence electrons. The minimum atomic E-state index is -0.296. The molecular formula is C25H29N3O3S. The Morgan fingerprint density at radius 3 is 2.78 bits per heavy atom. The molecule has 0 aliphatic heterocycles. The Bertz CT molecular complexity index is 1190. The van der Waals surface area contributed by atoms with E-state index in [0.717, 1.165) is 67.5 Å². The number of unbranched alkanes of at least 4 members (excludes halogenated alkanes) is 2. The second kappa shape index (κ2) is 10.3. The second-order valence-electron chi connectivity index (χ2n) is 8.21. The maximum Gasteiger partial charge on any atom is 0.316 e. The normalized spacial score (nSPS) is 13.2. The fourth-order valence-corrected chi connectivity index (χ4v) is 4.83. The monoisotopic (exact) mass is 451 g/mol. The maximum atomic E-state index is 13.6. The Kier molecular flexibility index (Phi) is 7.25. The number of carbonyl (C=O) groups is 1. The van der Waals surface area contributed by atoms with Crippen molar-refractivity contribution in [1.29, 1.82) is 0 Å². The van der Waals surface area contributed by atoms with Crippen LogP contribution in [0.2, 0.25) is 0 Å². The van der Waals surface area contributed by atoms with Gasteiger partial charge in [0.2, 0.25) is 0 Å². The van der Waals surface area contributed by atoms with Crippen molar-refractivity contribution in [2.24, 2.45) is 0 Å². The van der Waals surface area contributed by atoms with Crippen molar-refractivity contribution in [1.82, 2.24) is 14.5 Å². The highest BCUT2D eigenvalue weighted by atomic mass is 32.2. The van der Waals surface area contributed by atoms with Crippen LogP contribution in [0.5, 0.6) is 0 Å².